The minimum absolute atomic E-state index is 0.169. The van der Waals surface area contributed by atoms with Crippen molar-refractivity contribution in [3.63, 3.8) is 0 Å². The summed E-state index contributed by atoms with van der Waals surface area (Å²) in [5.41, 5.74) is -1.12. The molecule has 2 atom stereocenters. The highest BCUT2D eigenvalue weighted by Crippen LogP contribution is 2.66. The van der Waals surface area contributed by atoms with Gasteiger partial charge in [0.15, 0.2) is 0 Å². The predicted molar refractivity (Wildman–Crippen MR) is 50.2 cm³/mol. The van der Waals surface area contributed by atoms with Crippen molar-refractivity contribution >= 4 is 5.97 Å². The summed E-state index contributed by atoms with van der Waals surface area (Å²) in [6.07, 6.45) is 1.96. The Hall–Kier alpha value is -1.04. The molecular weight excluding hydrogens is 178 g/mol. The van der Waals surface area contributed by atoms with Gasteiger partial charge in [0, 0.05) is 5.41 Å². The zero-order chi connectivity index (χ0) is 10.6. The standard InChI is InChI=1S/C11H15NO2/c1-9(2)10(3)4-5-11(9,6-7-12)8(13)14-10/h4-6H2,1-3H3. The van der Waals surface area contributed by atoms with Gasteiger partial charge in [-0.05, 0) is 19.8 Å². The van der Waals surface area contributed by atoms with Crippen LogP contribution in [0, 0.1) is 22.2 Å². The third-order valence-corrected chi connectivity index (χ3v) is 4.64. The summed E-state index contributed by atoms with van der Waals surface area (Å²) < 4.78 is 5.43. The van der Waals surface area contributed by atoms with Crippen LogP contribution in [0.4, 0.5) is 0 Å². The van der Waals surface area contributed by atoms with Crippen molar-refractivity contribution in [1.29, 1.82) is 5.26 Å². The molecule has 1 aliphatic heterocycles. The van der Waals surface area contributed by atoms with E-state index in [1.165, 1.54) is 0 Å². The molecule has 1 saturated carbocycles. The van der Waals surface area contributed by atoms with Gasteiger partial charge in [-0.25, -0.2) is 0 Å². The lowest BCUT2D eigenvalue weighted by Gasteiger charge is -2.34. The first kappa shape index (κ1) is 9.51. The Bertz CT molecular complexity index is 342. The van der Waals surface area contributed by atoms with Crippen LogP contribution in [0.15, 0.2) is 0 Å². The number of carbonyl (C=O) groups is 1. The largest absolute Gasteiger partial charge is 0.458 e. The van der Waals surface area contributed by atoms with Crippen LogP contribution in [0.2, 0.25) is 0 Å². The number of nitriles is 1. The van der Waals surface area contributed by atoms with Gasteiger partial charge in [0.2, 0.25) is 0 Å². The SMILES string of the molecule is CC12CCC(CC#N)(C(=O)O1)C2(C)C. The molecule has 2 fully saturated rings. The zero-order valence-corrected chi connectivity index (χ0v) is 8.89. The summed E-state index contributed by atoms with van der Waals surface area (Å²) in [6, 6.07) is 2.13. The van der Waals surface area contributed by atoms with Crippen LogP contribution in [0.5, 0.6) is 0 Å². The van der Waals surface area contributed by atoms with E-state index in [0.29, 0.717) is 0 Å². The zero-order valence-electron chi connectivity index (χ0n) is 8.89. The maximum Gasteiger partial charge on any atom is 0.314 e. The van der Waals surface area contributed by atoms with Gasteiger partial charge in [0.25, 0.3) is 0 Å². The van der Waals surface area contributed by atoms with Crippen molar-refractivity contribution in [2.75, 3.05) is 0 Å². The summed E-state index contributed by atoms with van der Waals surface area (Å²) in [4.78, 5) is 11.8. The molecule has 0 aromatic heterocycles. The molecular formula is C11H15NO2. The number of hydrogen-bond donors (Lipinski definition) is 0. The number of fused-ring (bicyclic) bond motifs is 2. The fraction of sp³-hybridized carbons (Fsp3) is 0.818. The highest BCUT2D eigenvalue weighted by atomic mass is 16.6. The smallest absolute Gasteiger partial charge is 0.314 e. The molecule has 0 N–H and O–H groups in total. The molecule has 14 heavy (non-hydrogen) atoms. The first-order valence-corrected chi connectivity index (χ1v) is 5.00. The third kappa shape index (κ3) is 0.716. The molecule has 0 aromatic carbocycles. The normalized spacial score (nSPS) is 43.4. The van der Waals surface area contributed by atoms with E-state index in [2.05, 4.69) is 6.07 Å². The van der Waals surface area contributed by atoms with Crippen molar-refractivity contribution in [2.24, 2.45) is 10.8 Å². The average molecular weight is 193 g/mol. The molecule has 2 rings (SSSR count). The topological polar surface area (TPSA) is 50.1 Å². The van der Waals surface area contributed by atoms with E-state index in [0.717, 1.165) is 12.8 Å². The monoisotopic (exact) mass is 193 g/mol. The number of hydrogen-bond acceptors (Lipinski definition) is 3. The number of rotatable bonds is 1. The summed E-state index contributed by atoms with van der Waals surface area (Å²) in [5, 5.41) is 8.82. The quantitative estimate of drug-likeness (QED) is 0.598. The summed E-state index contributed by atoms with van der Waals surface area (Å²) in [6.45, 7) is 6.07. The van der Waals surface area contributed by atoms with E-state index in [1.807, 2.05) is 20.8 Å². The Balaban J connectivity index is 2.52. The van der Waals surface area contributed by atoms with Crippen molar-refractivity contribution in [1.82, 2.24) is 0 Å². The molecule has 0 aromatic rings. The molecule has 0 radical (unpaired) electrons. The Morgan fingerprint density at radius 1 is 1.43 bits per heavy atom. The van der Waals surface area contributed by atoms with Gasteiger partial charge in [-0.2, -0.15) is 5.26 Å². The van der Waals surface area contributed by atoms with Crippen molar-refractivity contribution in [3.8, 4) is 6.07 Å². The van der Waals surface area contributed by atoms with Crippen molar-refractivity contribution in [2.45, 2.75) is 45.6 Å². The highest BCUT2D eigenvalue weighted by Gasteiger charge is 2.72. The highest BCUT2D eigenvalue weighted by molar-refractivity contribution is 5.83. The first-order chi connectivity index (χ1) is 6.40. The lowest BCUT2D eigenvalue weighted by atomic mass is 9.64. The number of carbonyl (C=O) groups excluding carboxylic acids is 1. The van der Waals surface area contributed by atoms with Crippen LogP contribution >= 0.6 is 0 Å². The summed E-state index contributed by atoms with van der Waals surface area (Å²) >= 11 is 0. The van der Waals surface area contributed by atoms with Crippen LogP contribution in [-0.4, -0.2) is 11.6 Å². The van der Waals surface area contributed by atoms with Crippen LogP contribution in [0.1, 0.15) is 40.0 Å². The van der Waals surface area contributed by atoms with Gasteiger partial charge in [-0.1, -0.05) is 13.8 Å². The van der Waals surface area contributed by atoms with Gasteiger partial charge in [-0.15, -0.1) is 0 Å². The lowest BCUT2D eigenvalue weighted by molar-refractivity contribution is -0.159. The molecule has 3 heteroatoms. The minimum Gasteiger partial charge on any atom is -0.458 e. The van der Waals surface area contributed by atoms with E-state index in [1.54, 1.807) is 0 Å². The van der Waals surface area contributed by atoms with E-state index >= 15 is 0 Å². The molecule has 2 unspecified atom stereocenters. The predicted octanol–water partition coefficient (Wildman–Crippen LogP) is 2.02. The molecule has 0 amide bonds. The third-order valence-electron chi connectivity index (χ3n) is 4.64. The second kappa shape index (κ2) is 2.31. The van der Waals surface area contributed by atoms with Gasteiger partial charge < -0.3 is 4.74 Å². The van der Waals surface area contributed by atoms with Gasteiger partial charge >= 0.3 is 5.97 Å². The van der Waals surface area contributed by atoms with Crippen molar-refractivity contribution in [3.05, 3.63) is 0 Å². The number of nitrogens with zero attached hydrogens (tertiary/aromatic N) is 1. The molecule has 1 saturated heterocycles. The fourth-order valence-electron chi connectivity index (χ4n) is 2.94. The maximum absolute atomic E-state index is 11.8. The molecule has 2 bridgehead atoms. The molecule has 1 heterocycles. The molecule has 76 valence electrons. The Labute approximate surface area is 84.0 Å². The van der Waals surface area contributed by atoms with Crippen LogP contribution < -0.4 is 0 Å². The average Bonchev–Trinajstić information content (AvgIpc) is 2.34. The molecule has 0 spiro atoms. The number of ether oxygens (including phenoxy) is 1. The summed E-state index contributed by atoms with van der Waals surface area (Å²) in [5.74, 6) is -0.169. The Kier molecular flexibility index (Phi) is 1.57. The first-order valence-electron chi connectivity index (χ1n) is 5.00. The Morgan fingerprint density at radius 2 is 2.07 bits per heavy atom. The van der Waals surface area contributed by atoms with Gasteiger partial charge in [0.05, 0.1) is 17.9 Å². The van der Waals surface area contributed by atoms with Crippen molar-refractivity contribution < 1.29 is 9.53 Å². The number of esters is 1. The second-order valence-electron chi connectivity index (χ2n) is 5.16. The molecule has 1 aliphatic carbocycles. The lowest BCUT2D eigenvalue weighted by Crippen LogP contribution is -2.39. The molecule has 2 aliphatic rings. The van der Waals surface area contributed by atoms with Crippen LogP contribution in [0.25, 0.3) is 0 Å². The van der Waals surface area contributed by atoms with Crippen LogP contribution in [-0.2, 0) is 9.53 Å². The van der Waals surface area contributed by atoms with Gasteiger partial charge in [0.1, 0.15) is 5.60 Å². The Morgan fingerprint density at radius 3 is 2.43 bits per heavy atom. The molecule has 3 nitrogen and oxygen atoms in total. The van der Waals surface area contributed by atoms with E-state index < -0.39 is 5.41 Å². The van der Waals surface area contributed by atoms with E-state index in [-0.39, 0.29) is 23.4 Å². The van der Waals surface area contributed by atoms with E-state index in [4.69, 9.17) is 10.00 Å². The minimum atomic E-state index is -0.545. The summed E-state index contributed by atoms with van der Waals surface area (Å²) in [7, 11) is 0. The fourth-order valence-corrected chi connectivity index (χ4v) is 2.94. The maximum atomic E-state index is 11.8. The van der Waals surface area contributed by atoms with Gasteiger partial charge in [-0.3, -0.25) is 4.79 Å². The second-order valence-corrected chi connectivity index (χ2v) is 5.16. The van der Waals surface area contributed by atoms with E-state index in [9.17, 15) is 4.79 Å². The van der Waals surface area contributed by atoms with Crippen LogP contribution in [0.3, 0.4) is 0 Å².